The van der Waals surface area contributed by atoms with Gasteiger partial charge in [-0.05, 0) is 25.7 Å². The lowest BCUT2D eigenvalue weighted by molar-refractivity contribution is -0.140. The number of hydrogen-bond donors (Lipinski definition) is 11. The van der Waals surface area contributed by atoms with E-state index in [9.17, 15) is 64.2 Å². The number of rotatable bonds is 22. The van der Waals surface area contributed by atoms with Crippen LogP contribution in [0.15, 0.2) is 0 Å². The van der Waals surface area contributed by atoms with Crippen LogP contribution in [0.5, 0.6) is 0 Å². The first-order valence-electron chi connectivity index (χ1n) is 19.5. The van der Waals surface area contributed by atoms with Gasteiger partial charge in [-0.3, -0.25) is 58.1 Å². The molecule has 2 fully saturated rings. The van der Waals surface area contributed by atoms with Gasteiger partial charge in [0.15, 0.2) is 0 Å². The van der Waals surface area contributed by atoms with Crippen LogP contribution in [0.3, 0.4) is 0 Å². The van der Waals surface area contributed by atoms with Crippen LogP contribution in [0.2, 0.25) is 0 Å². The Hall–Kier alpha value is -4.07. The van der Waals surface area contributed by atoms with Crippen molar-refractivity contribution < 1.29 is 69.3 Å². The minimum atomic E-state index is -1.63. The maximum Gasteiger partial charge on any atom is 0.317 e. The summed E-state index contributed by atoms with van der Waals surface area (Å²) in [7, 11) is 1.54. The summed E-state index contributed by atoms with van der Waals surface area (Å²) in [4.78, 5) is 95.1. The molecule has 4 atom stereocenters. The van der Waals surface area contributed by atoms with E-state index in [4.69, 9.17) is 5.11 Å². The number of nitrogens with zero attached hydrogens (tertiary/aromatic N) is 5. The van der Waals surface area contributed by atoms with Crippen molar-refractivity contribution in [1.82, 2.24) is 45.8 Å². The van der Waals surface area contributed by atoms with Gasteiger partial charge in [-0.1, -0.05) is 0 Å². The Morgan fingerprint density at radius 2 is 1.02 bits per heavy atom. The fraction of sp³-hybridized carbons (Fsp3) is 0.800. The number of aliphatic hydroxyl groups is 4. The molecule has 58 heavy (non-hydrogen) atoms. The second-order valence-electron chi connectivity index (χ2n) is 14.6. The predicted molar refractivity (Wildman–Crippen MR) is 204 cm³/mol. The van der Waals surface area contributed by atoms with Gasteiger partial charge in [-0.25, -0.2) is 0 Å². The third kappa shape index (κ3) is 20.6. The first-order chi connectivity index (χ1) is 27.5. The quantitative estimate of drug-likeness (QED) is 0.0483. The highest BCUT2D eigenvalue weighted by Gasteiger charge is 2.29. The second kappa shape index (κ2) is 26.8. The molecule has 2 saturated heterocycles. The minimum absolute atomic E-state index is 0.0998. The molecular formula is C35H63N9O14. The lowest BCUT2D eigenvalue weighted by Gasteiger charge is -2.33. The standard InChI is InChI=1S/C35H63N9O14/c1-36-29(49)18-40-8-5-24(6-9-40)38-35(58)25(2-3-28(48)37-7-4-26(46)34(57)27(47)23-45)39-30(50)19-41-10-12-42(20-31(51)52)14-16-44(22-33(55)56)17-15-43(13-11-41)21-32(53)54/h24-27,34,45-47,57H,2-23H2,1H3,(H,36,49)(H,37,48)(H,38,58)(H,39,50)(H,51,52)(H,53,54)(H,55,56)/t25-,26-,27-,34+/m1/s1. The van der Waals surface area contributed by atoms with Gasteiger partial charge >= 0.3 is 17.9 Å². The van der Waals surface area contributed by atoms with E-state index in [1.165, 1.54) is 0 Å². The van der Waals surface area contributed by atoms with Crippen molar-refractivity contribution in [2.45, 2.75) is 62.5 Å². The number of amides is 4. The average molecular weight is 834 g/mol. The molecular weight excluding hydrogens is 770 g/mol. The number of piperidine rings is 1. The molecule has 2 aliphatic heterocycles. The van der Waals surface area contributed by atoms with Crippen LogP contribution in [-0.4, -0.2) is 251 Å². The zero-order valence-electron chi connectivity index (χ0n) is 33.2. The lowest BCUT2D eigenvalue weighted by Crippen LogP contribution is -2.54. The maximum absolute atomic E-state index is 13.6. The molecule has 0 aromatic carbocycles. The van der Waals surface area contributed by atoms with Crippen LogP contribution in [0.4, 0.5) is 0 Å². The van der Waals surface area contributed by atoms with Gasteiger partial charge in [-0.2, -0.15) is 0 Å². The molecule has 2 rings (SSSR count). The Kier molecular flexibility index (Phi) is 23.2. The van der Waals surface area contributed by atoms with Crippen LogP contribution in [-0.2, 0) is 33.6 Å². The number of aliphatic carboxylic acids is 3. The van der Waals surface area contributed by atoms with E-state index in [1.807, 2.05) is 4.90 Å². The first kappa shape index (κ1) is 50.1. The third-order valence-electron chi connectivity index (χ3n) is 10.0. The molecule has 0 spiro atoms. The van der Waals surface area contributed by atoms with Gasteiger partial charge in [0, 0.05) is 91.5 Å². The van der Waals surface area contributed by atoms with Gasteiger partial charge in [0.1, 0.15) is 18.2 Å². The van der Waals surface area contributed by atoms with Crippen molar-refractivity contribution in [3.8, 4) is 0 Å². The summed E-state index contributed by atoms with van der Waals surface area (Å²) in [5.41, 5.74) is 0. The van der Waals surface area contributed by atoms with Crippen LogP contribution >= 0.6 is 0 Å². The van der Waals surface area contributed by atoms with E-state index in [1.54, 1.807) is 26.6 Å². The van der Waals surface area contributed by atoms with Crippen LogP contribution in [0.25, 0.3) is 0 Å². The van der Waals surface area contributed by atoms with Gasteiger partial charge in [0.25, 0.3) is 0 Å². The summed E-state index contributed by atoms with van der Waals surface area (Å²) in [5, 5.41) is 77.6. The summed E-state index contributed by atoms with van der Waals surface area (Å²) in [6, 6.07) is -1.44. The maximum atomic E-state index is 13.6. The van der Waals surface area contributed by atoms with Crippen LogP contribution < -0.4 is 21.3 Å². The van der Waals surface area contributed by atoms with Crippen molar-refractivity contribution in [3.05, 3.63) is 0 Å². The number of carbonyl (C=O) groups is 7. The topological polar surface area (TPSA) is 325 Å². The number of likely N-dealkylation sites (N-methyl/N-ethyl adjacent to an activating group) is 1. The summed E-state index contributed by atoms with van der Waals surface area (Å²) >= 11 is 0. The highest BCUT2D eigenvalue weighted by Crippen LogP contribution is 2.12. The smallest absolute Gasteiger partial charge is 0.317 e. The molecule has 11 N–H and O–H groups in total. The average Bonchev–Trinajstić information content (AvgIpc) is 3.16. The number of likely N-dealkylation sites (tertiary alicyclic amines) is 1. The molecule has 0 aromatic rings. The Balaban J connectivity index is 2.17. The molecule has 23 heteroatoms. The zero-order valence-corrected chi connectivity index (χ0v) is 33.2. The molecule has 332 valence electrons. The third-order valence-corrected chi connectivity index (χ3v) is 10.0. The Labute approximate surface area is 337 Å². The SMILES string of the molecule is CNC(=O)CN1CCC(NC(=O)[C@@H](CCC(=O)NCC[C@@H](O)[C@H](O)[C@H](O)CO)NC(=O)CN2CCN(CC(=O)O)CCN(CC(=O)O)CCN(CC(=O)O)CC2)CC1. The molecule has 0 saturated carbocycles. The summed E-state index contributed by atoms with van der Waals surface area (Å²) in [6.45, 7) is 0.639. The Morgan fingerprint density at radius 1 is 0.586 bits per heavy atom. The minimum Gasteiger partial charge on any atom is -0.480 e. The highest BCUT2D eigenvalue weighted by atomic mass is 16.4. The summed E-state index contributed by atoms with van der Waals surface area (Å²) < 4.78 is 0. The number of nitrogens with one attached hydrogen (secondary N) is 4. The highest BCUT2D eigenvalue weighted by molar-refractivity contribution is 5.89. The number of carbonyl (C=O) groups excluding carboxylic acids is 4. The van der Waals surface area contributed by atoms with E-state index in [0.29, 0.717) is 25.9 Å². The Bertz CT molecular complexity index is 1310. The van der Waals surface area contributed by atoms with Crippen LogP contribution in [0, 0.1) is 0 Å². The molecule has 0 bridgehead atoms. The van der Waals surface area contributed by atoms with Gasteiger partial charge in [-0.15, -0.1) is 0 Å². The molecule has 23 nitrogen and oxygen atoms in total. The second-order valence-corrected chi connectivity index (χ2v) is 14.6. The molecule has 2 heterocycles. The van der Waals surface area contributed by atoms with Crippen molar-refractivity contribution >= 4 is 41.5 Å². The molecule has 4 amide bonds. The van der Waals surface area contributed by atoms with E-state index >= 15 is 0 Å². The van der Waals surface area contributed by atoms with E-state index in [2.05, 4.69) is 21.3 Å². The number of aliphatic hydroxyl groups excluding tert-OH is 4. The number of carboxylic acid groups (broad SMARTS) is 3. The molecule has 0 unspecified atom stereocenters. The van der Waals surface area contributed by atoms with Crippen LogP contribution in [0.1, 0.15) is 32.1 Å². The van der Waals surface area contributed by atoms with Gasteiger partial charge < -0.3 is 57.0 Å². The molecule has 2 aliphatic rings. The summed E-state index contributed by atoms with van der Waals surface area (Å²) in [6.07, 6.45) is -4.07. The van der Waals surface area contributed by atoms with E-state index < -0.39 is 66.6 Å². The van der Waals surface area contributed by atoms with E-state index in [-0.39, 0.29) is 123 Å². The normalized spacial score (nSPS) is 19.7. The predicted octanol–water partition coefficient (Wildman–Crippen LogP) is -6.37. The van der Waals surface area contributed by atoms with Gasteiger partial charge in [0.2, 0.25) is 23.6 Å². The first-order valence-corrected chi connectivity index (χ1v) is 19.5. The van der Waals surface area contributed by atoms with E-state index in [0.717, 1.165) is 0 Å². The molecule has 0 aromatic heterocycles. The number of carboxylic acids is 3. The van der Waals surface area contributed by atoms with Gasteiger partial charge in [0.05, 0.1) is 45.4 Å². The van der Waals surface area contributed by atoms with Crippen molar-refractivity contribution in [3.63, 3.8) is 0 Å². The molecule has 0 aliphatic carbocycles. The monoisotopic (exact) mass is 833 g/mol. The Morgan fingerprint density at radius 3 is 1.45 bits per heavy atom. The molecule has 0 radical (unpaired) electrons. The fourth-order valence-electron chi connectivity index (χ4n) is 6.57. The fourth-order valence-corrected chi connectivity index (χ4v) is 6.57. The zero-order chi connectivity index (χ0) is 43.2. The summed E-state index contributed by atoms with van der Waals surface area (Å²) in [5.74, 6) is -5.07. The van der Waals surface area contributed by atoms with Crippen molar-refractivity contribution in [1.29, 1.82) is 0 Å². The largest absolute Gasteiger partial charge is 0.480 e. The van der Waals surface area contributed by atoms with Crippen molar-refractivity contribution in [2.24, 2.45) is 0 Å². The van der Waals surface area contributed by atoms with Crippen molar-refractivity contribution in [2.75, 3.05) is 118 Å². The lowest BCUT2D eigenvalue weighted by atomic mass is 10.0. The number of hydrogen-bond acceptors (Lipinski definition) is 16.